The second-order valence-electron chi connectivity index (χ2n) is 36.1. The number of cyclic esters (lactones) is 2. The molecule has 0 bridgehead atoms. The van der Waals surface area contributed by atoms with Crippen LogP contribution in [0.3, 0.4) is 0 Å². The SMILES string of the molecule is C#CCN(C)[C@H]1C[C@@H](C)O[C@@H](O[C@@H]2[C@@H](C)[C@H](O[C@H]3C[C@@](C)(OC)[C@@H](O)[C@H](C)O3)[C@@H](C)C(=O)O[C@H](CC)[C@@](C)(O)[C@H](O)[C@@H](C)N(C)C[C@H](C)C[C@@]2(C)O)[C@@H]1O.[B]N=[N+]=[N-].[B]n1cc(CCN(C)[C@H]2C[C@@H](C)O[C@@H](O[C@@H]3[C@@H](C)[C@H](O[C@H]4C[C@@](C)(OC)[C@@H](O)[C@H](C)O4)[C@@H](C)C(=O)O[C@H](CC)[C@@](C)(O)[C@H](O)[C@@H](C)N(C)C[C@H](C)C[C@@]3(C)O)[C@@H]2O)nn1.[Cu][I]. The van der Waals surface area contributed by atoms with Gasteiger partial charge in [-0.25, -0.2) is 0 Å². The first-order valence-corrected chi connectivity index (χ1v) is 44.8. The van der Waals surface area contributed by atoms with Crippen molar-refractivity contribution in [3.8, 4) is 12.3 Å². The van der Waals surface area contributed by atoms with E-state index in [2.05, 4.69) is 46.9 Å². The molecule has 6 fully saturated rings. The Bertz CT molecular complexity index is 3310. The zero-order chi connectivity index (χ0) is 90.9. The fraction of sp³-hybridized carbons (Fsp3) is 0.926. The number of carbonyl (C=O) groups is 2. The van der Waals surface area contributed by atoms with Crippen molar-refractivity contribution in [2.75, 3.05) is 68.6 Å². The monoisotopic (exact) mass is 1850 g/mol. The molecule has 0 spiro atoms. The summed E-state index contributed by atoms with van der Waals surface area (Å²) >= 11 is 5.87. The summed E-state index contributed by atoms with van der Waals surface area (Å²) in [6.45, 7) is 36.7. The van der Waals surface area contributed by atoms with Gasteiger partial charge in [-0.3, -0.25) is 14.5 Å². The Morgan fingerprint density at radius 2 is 0.992 bits per heavy atom. The van der Waals surface area contributed by atoms with E-state index in [0.29, 0.717) is 51.1 Å². The molecule has 34 nitrogen and oxygen atoms in total. The van der Waals surface area contributed by atoms with E-state index in [4.69, 9.17) is 76.8 Å². The zero-order valence-corrected chi connectivity index (χ0v) is 78.3. The van der Waals surface area contributed by atoms with Gasteiger partial charge in [0.2, 0.25) is 0 Å². The second-order valence-corrected chi connectivity index (χ2v) is 36.1. The molecule has 0 aliphatic carbocycles. The summed E-state index contributed by atoms with van der Waals surface area (Å²) in [5.74, 6) is -2.78. The molecule has 38 heteroatoms. The van der Waals surface area contributed by atoms with E-state index >= 15 is 0 Å². The minimum atomic E-state index is -1.82. The molecule has 7 heterocycles. The molecule has 1 aromatic heterocycles. The van der Waals surface area contributed by atoms with Crippen LogP contribution in [0.15, 0.2) is 11.2 Å². The predicted molar refractivity (Wildman–Crippen MR) is 449 cm³/mol. The molecule has 0 saturated carbocycles. The molecule has 36 atom stereocenters. The number of nitrogens with zero attached hydrogens (tertiary/aromatic N) is 10. The first-order valence-electron chi connectivity index (χ1n) is 41.7. The number of hydrogen-bond donors (Lipinski definition) is 10. The van der Waals surface area contributed by atoms with E-state index in [1.54, 1.807) is 117 Å². The summed E-state index contributed by atoms with van der Waals surface area (Å²) in [4.78, 5) is 38.4. The Balaban J connectivity index is 0.000000471. The van der Waals surface area contributed by atoms with Crippen molar-refractivity contribution in [1.82, 2.24) is 34.5 Å². The quantitative estimate of drug-likeness (QED) is 0.0187. The van der Waals surface area contributed by atoms with Gasteiger partial charge in [0.05, 0.1) is 95.3 Å². The van der Waals surface area contributed by atoms with Crippen molar-refractivity contribution in [2.24, 2.45) is 40.5 Å². The molecule has 119 heavy (non-hydrogen) atoms. The van der Waals surface area contributed by atoms with Crippen LogP contribution in [0.4, 0.5) is 0 Å². The van der Waals surface area contributed by atoms with Crippen LogP contribution in [0, 0.1) is 47.9 Å². The first kappa shape index (κ1) is 109. The third kappa shape index (κ3) is 28.2. The van der Waals surface area contributed by atoms with Gasteiger partial charge in [0.1, 0.15) is 60.0 Å². The van der Waals surface area contributed by atoms with Gasteiger partial charge in [0, 0.05) is 95.3 Å². The van der Waals surface area contributed by atoms with Gasteiger partial charge in [0.15, 0.2) is 33.1 Å². The summed E-state index contributed by atoms with van der Waals surface area (Å²) in [6, 6.07) is -1.90. The van der Waals surface area contributed by atoms with Crippen LogP contribution >= 0.6 is 20.3 Å². The van der Waals surface area contributed by atoms with Crippen LogP contribution < -0.4 is 0 Å². The Morgan fingerprint density at radius 3 is 1.31 bits per heavy atom. The van der Waals surface area contributed by atoms with Gasteiger partial charge in [-0.2, -0.15) is 5.03 Å². The number of aliphatic hydroxyl groups is 10. The molecular formula is C81H146B2CuIN10O24. The summed E-state index contributed by atoms with van der Waals surface area (Å²) in [6.07, 6.45) is -9.73. The number of terminal acetylenes is 1. The molecule has 10 N–H and O–H groups in total. The summed E-state index contributed by atoms with van der Waals surface area (Å²) in [5, 5.41) is 128. The van der Waals surface area contributed by atoms with E-state index in [9.17, 15) is 60.7 Å². The predicted octanol–water partition coefficient (Wildman–Crippen LogP) is 4.20. The van der Waals surface area contributed by atoms with Crippen molar-refractivity contribution >= 4 is 48.2 Å². The van der Waals surface area contributed by atoms with Crippen LogP contribution in [0.2, 0.25) is 0 Å². The fourth-order valence-electron chi connectivity index (χ4n) is 18.5. The molecule has 6 aliphatic rings. The van der Waals surface area contributed by atoms with Crippen LogP contribution in [-0.4, -0.2) is 363 Å². The molecule has 688 valence electrons. The maximum absolute atomic E-state index is 14.3. The van der Waals surface area contributed by atoms with Crippen molar-refractivity contribution in [1.29, 1.82) is 0 Å². The van der Waals surface area contributed by atoms with E-state index < -0.39 is 204 Å². The number of ether oxygens (including phenoxy) is 12. The number of carbonyl (C=O) groups excluding carboxylic acids is 2. The van der Waals surface area contributed by atoms with Gasteiger partial charge < -0.3 is 127 Å². The summed E-state index contributed by atoms with van der Waals surface area (Å²) in [5.41, 5.74) is -1.01. The van der Waals surface area contributed by atoms with Crippen molar-refractivity contribution in [3.05, 3.63) is 22.3 Å². The second kappa shape index (κ2) is 47.4. The molecule has 7 rings (SSSR count). The van der Waals surface area contributed by atoms with Crippen LogP contribution in [-0.2, 0) is 85.6 Å². The molecule has 4 radical (unpaired) electrons. The van der Waals surface area contributed by atoms with Gasteiger partial charge in [-0.05, 0) is 186 Å². The average molecular weight is 1860 g/mol. The number of methoxy groups -OCH3 is 2. The minimum absolute atomic E-state index is 0.110. The number of likely N-dealkylation sites (N-methyl/N-ethyl adjacent to an activating group) is 4. The fourth-order valence-corrected chi connectivity index (χ4v) is 18.5. The number of aliphatic hydroxyl groups excluding tert-OH is 6. The normalized spacial score (nSPS) is 44.4. The van der Waals surface area contributed by atoms with Gasteiger partial charge in [-0.15, -0.1) is 11.5 Å². The maximum atomic E-state index is 14.3. The molecule has 1 aromatic rings. The van der Waals surface area contributed by atoms with Crippen molar-refractivity contribution < 1.29 is 130 Å². The number of azide groups is 1. The molecule has 6 saturated heterocycles. The molecule has 0 amide bonds. The topological polar surface area (TPSA) is 440 Å². The van der Waals surface area contributed by atoms with Crippen LogP contribution in [0.1, 0.15) is 196 Å². The Morgan fingerprint density at radius 1 is 0.630 bits per heavy atom. The molecule has 0 aromatic carbocycles. The number of halogens is 1. The standard InChI is InChI=1S/C41H74BN5O12.C40H72N2O12.BN3.Cu.HI/c1-14-30-41(10,53)34(49)26(6)46(12)20-22(2)18-39(8,52)36(59-38-32(48)29(17-23(3)55-38)45(11)16-15-28-21-47(42)44-43-28)24(4)33(25(5)37(51)57-30)58-31-19-40(9,54-13)35(50)27(7)56-31;1-15-17-41(12)28-18-23(4)50-37(31(28)43)54-35-24(5)32(53-30-20-39(10,49-14)34(45)27(8)51-30)25(6)36(46)52-29(16-2)40(11,48)33(44)26(7)42(13)21-22(3)19-38(35,9)47;1-3-4-2;;/h21-27,29-36,38,48-50,52-53H,14-20H2,1-13H3;1,22-35,37,43-45,47-48H,16-21H2,2-14H3;;;1H/q;;;+1;/p-1/t22-,23-,24+,25-,26-,27+,29+,30-,31+,32-,33+,34-,35+,36-,38+,39-,40-,41-;22-,23-,24+,25-,26-,27+,28+,29-,30+,31-,32+,33-,34+,35-,37+,38-,39-,40-;;;/m11.../s1. The third-order valence-electron chi connectivity index (χ3n) is 25.9. The van der Waals surface area contributed by atoms with Gasteiger partial charge in [0.25, 0.3) is 7.98 Å². The van der Waals surface area contributed by atoms with E-state index in [-0.39, 0.29) is 62.6 Å². The third-order valence-corrected chi connectivity index (χ3v) is 25.9. The summed E-state index contributed by atoms with van der Waals surface area (Å²) < 4.78 is 76.7. The Kier molecular flexibility index (Phi) is 43.3. The van der Waals surface area contributed by atoms with E-state index in [1.807, 2.05) is 82.4 Å². The van der Waals surface area contributed by atoms with Crippen molar-refractivity contribution in [2.45, 2.75) is 377 Å². The molecular weight excluding hydrogens is 1710 g/mol. The Hall–Kier alpha value is -2.63. The molecule has 0 unspecified atom stereocenters. The number of hydrogen-bond acceptors (Lipinski definition) is 31. The van der Waals surface area contributed by atoms with E-state index in [1.165, 1.54) is 28.1 Å². The average Bonchev–Trinajstić information content (AvgIpc) is 1.60. The number of aromatic nitrogens is 3. The zero-order valence-electron chi connectivity index (χ0n) is 75.2. The number of rotatable bonds is 18. The van der Waals surface area contributed by atoms with Gasteiger partial charge in [-0.1, -0.05) is 52.7 Å². The summed E-state index contributed by atoms with van der Waals surface area (Å²) in [7, 11) is 20.3. The first-order chi connectivity index (χ1) is 55.2. The van der Waals surface area contributed by atoms with Crippen LogP contribution in [0.5, 0.6) is 0 Å². The number of esters is 2. The van der Waals surface area contributed by atoms with Crippen LogP contribution in [0.25, 0.3) is 10.4 Å². The Labute approximate surface area is 729 Å². The van der Waals surface area contributed by atoms with Gasteiger partial charge >= 0.3 is 45.0 Å². The van der Waals surface area contributed by atoms with Crippen molar-refractivity contribution in [3.63, 3.8) is 0 Å². The molecule has 6 aliphatic heterocycles. The van der Waals surface area contributed by atoms with E-state index in [0.717, 1.165) is 4.59 Å².